The van der Waals surface area contributed by atoms with Gasteiger partial charge in [-0.05, 0) is 15.9 Å². The van der Waals surface area contributed by atoms with E-state index in [0.29, 0.717) is 0 Å². The fraction of sp³-hybridized carbons (Fsp3) is 0.333. The maximum atomic E-state index is 13.3. The first-order chi connectivity index (χ1) is 6.64. The molecule has 0 amide bonds. The van der Waals surface area contributed by atoms with Crippen molar-refractivity contribution >= 4 is 15.9 Å². The Balaban J connectivity index is 3.44. The van der Waals surface area contributed by atoms with E-state index in [4.69, 9.17) is 0 Å². The third-order valence-electron chi connectivity index (χ3n) is 1.65. The summed E-state index contributed by atoms with van der Waals surface area (Å²) in [4.78, 5) is 8.28. The molecule has 0 aliphatic heterocycles. The van der Waals surface area contributed by atoms with Crippen LogP contribution in [0, 0.1) is 10.1 Å². The Hall–Kier alpha value is -0.990. The largest absolute Gasteiger partial charge is 0.445 e. The van der Waals surface area contributed by atoms with Crippen LogP contribution in [0.25, 0.3) is 0 Å². The molecular formula is C6HBrF5NO2. The molecule has 1 atom stereocenters. The van der Waals surface area contributed by atoms with Crippen LogP contribution in [0.2, 0.25) is 0 Å². The molecule has 0 spiro atoms. The number of nitrogens with zero attached hydrogens (tertiary/aromatic N) is 1. The highest BCUT2D eigenvalue weighted by molar-refractivity contribution is 9.11. The molecule has 0 aromatic rings. The van der Waals surface area contributed by atoms with Crippen molar-refractivity contribution < 1.29 is 26.9 Å². The van der Waals surface area contributed by atoms with Gasteiger partial charge in [0.1, 0.15) is 0 Å². The Morgan fingerprint density at radius 2 is 1.80 bits per heavy atom. The SMILES string of the molecule is O=[N+]([O-])C1(F)C(F)=CC(F)(F)C(F)=C1Br. The van der Waals surface area contributed by atoms with E-state index in [0.717, 1.165) is 0 Å². The third kappa shape index (κ3) is 1.54. The van der Waals surface area contributed by atoms with E-state index < -0.39 is 38.9 Å². The first-order valence-electron chi connectivity index (χ1n) is 3.30. The monoisotopic (exact) mass is 293 g/mol. The van der Waals surface area contributed by atoms with Crippen LogP contribution < -0.4 is 0 Å². The maximum absolute atomic E-state index is 13.3. The molecule has 1 unspecified atom stereocenters. The zero-order valence-electron chi connectivity index (χ0n) is 6.61. The minimum Gasteiger partial charge on any atom is -0.261 e. The third-order valence-corrected chi connectivity index (χ3v) is 2.53. The Kier molecular flexibility index (Phi) is 2.62. The number of rotatable bonds is 1. The van der Waals surface area contributed by atoms with E-state index in [1.54, 1.807) is 0 Å². The van der Waals surface area contributed by atoms with Crippen molar-refractivity contribution in [3.05, 3.63) is 32.3 Å². The zero-order chi connectivity index (χ0) is 12.0. The fourth-order valence-corrected chi connectivity index (χ4v) is 1.48. The summed E-state index contributed by atoms with van der Waals surface area (Å²) in [5, 5.41) is 10.1. The molecule has 0 aromatic carbocycles. The Labute approximate surface area is 87.5 Å². The predicted molar refractivity (Wildman–Crippen MR) is 42.0 cm³/mol. The average molecular weight is 294 g/mol. The second-order valence-corrected chi connectivity index (χ2v) is 3.42. The Bertz CT molecular complexity index is 393. The summed E-state index contributed by atoms with van der Waals surface area (Å²) in [6, 6.07) is 0. The van der Waals surface area contributed by atoms with Gasteiger partial charge in [0.05, 0.1) is 4.92 Å². The molecule has 15 heavy (non-hydrogen) atoms. The lowest BCUT2D eigenvalue weighted by Gasteiger charge is -2.22. The molecule has 0 saturated heterocycles. The highest BCUT2D eigenvalue weighted by Gasteiger charge is 2.61. The van der Waals surface area contributed by atoms with Crippen LogP contribution in [0.4, 0.5) is 22.0 Å². The molecule has 0 fully saturated rings. The van der Waals surface area contributed by atoms with Gasteiger partial charge < -0.3 is 0 Å². The second-order valence-electron chi connectivity index (χ2n) is 2.62. The quantitative estimate of drug-likeness (QED) is 0.323. The number of nitro groups is 1. The van der Waals surface area contributed by atoms with E-state index in [1.165, 1.54) is 0 Å². The molecule has 0 saturated carbocycles. The minimum absolute atomic E-state index is 0.768. The van der Waals surface area contributed by atoms with Crippen molar-refractivity contribution in [2.24, 2.45) is 0 Å². The van der Waals surface area contributed by atoms with Gasteiger partial charge in [-0.2, -0.15) is 13.2 Å². The van der Waals surface area contributed by atoms with Crippen LogP contribution in [0.15, 0.2) is 22.2 Å². The smallest absolute Gasteiger partial charge is 0.261 e. The molecule has 1 aliphatic carbocycles. The molecule has 9 heteroatoms. The van der Waals surface area contributed by atoms with Crippen molar-refractivity contribution in [3.63, 3.8) is 0 Å². The zero-order valence-corrected chi connectivity index (χ0v) is 8.19. The van der Waals surface area contributed by atoms with Gasteiger partial charge in [0.2, 0.25) is 5.83 Å². The summed E-state index contributed by atoms with van der Waals surface area (Å²) in [5.41, 5.74) is 0. The molecule has 0 N–H and O–H groups in total. The van der Waals surface area contributed by atoms with Gasteiger partial charge in [-0.3, -0.25) is 10.1 Å². The van der Waals surface area contributed by atoms with Crippen molar-refractivity contribution in [1.29, 1.82) is 0 Å². The fourth-order valence-electron chi connectivity index (χ4n) is 0.882. The first kappa shape index (κ1) is 12.1. The number of hydrogen-bond acceptors (Lipinski definition) is 2. The Morgan fingerprint density at radius 1 is 1.33 bits per heavy atom. The first-order valence-corrected chi connectivity index (χ1v) is 4.09. The van der Waals surface area contributed by atoms with Gasteiger partial charge >= 0.3 is 11.7 Å². The maximum Gasteiger partial charge on any atom is 0.445 e. The average Bonchev–Trinajstić information content (AvgIpc) is 2.11. The standard InChI is InChI=1S/C6HBrF5NO2/c7-3-4(9)5(10,11)1-2(8)6(3,12)13(14)15/h1H. The second kappa shape index (κ2) is 3.26. The molecule has 1 rings (SSSR count). The Morgan fingerprint density at radius 3 is 2.20 bits per heavy atom. The van der Waals surface area contributed by atoms with E-state index in [1.807, 2.05) is 15.9 Å². The number of halogens is 6. The van der Waals surface area contributed by atoms with Crippen LogP contribution in [0.1, 0.15) is 0 Å². The van der Waals surface area contributed by atoms with Crippen LogP contribution in [0.5, 0.6) is 0 Å². The van der Waals surface area contributed by atoms with Gasteiger partial charge in [0, 0.05) is 6.08 Å². The summed E-state index contributed by atoms with van der Waals surface area (Å²) < 4.78 is 62.0. The number of alkyl halides is 3. The van der Waals surface area contributed by atoms with Gasteiger partial charge in [-0.1, -0.05) is 0 Å². The van der Waals surface area contributed by atoms with Gasteiger partial charge in [-0.15, -0.1) is 0 Å². The summed E-state index contributed by atoms with van der Waals surface area (Å²) >= 11 is 1.92. The van der Waals surface area contributed by atoms with Crippen molar-refractivity contribution in [2.75, 3.05) is 0 Å². The van der Waals surface area contributed by atoms with E-state index >= 15 is 0 Å². The normalized spacial score (nSPS) is 30.1. The molecule has 0 bridgehead atoms. The minimum atomic E-state index is -4.39. The molecule has 3 nitrogen and oxygen atoms in total. The summed E-state index contributed by atoms with van der Waals surface area (Å²) in [6.07, 6.45) is -0.768. The van der Waals surface area contributed by atoms with Gasteiger partial charge in [-0.25, -0.2) is 8.78 Å². The lowest BCUT2D eigenvalue weighted by atomic mass is 10.0. The van der Waals surface area contributed by atoms with E-state index in [-0.39, 0.29) is 0 Å². The molecule has 0 radical (unpaired) electrons. The molecule has 0 heterocycles. The molecule has 84 valence electrons. The topological polar surface area (TPSA) is 43.1 Å². The van der Waals surface area contributed by atoms with Gasteiger partial charge in [0.25, 0.3) is 0 Å². The van der Waals surface area contributed by atoms with Gasteiger partial charge in [0.15, 0.2) is 10.3 Å². The molecule has 0 aromatic heterocycles. The van der Waals surface area contributed by atoms with Crippen LogP contribution in [-0.4, -0.2) is 16.6 Å². The predicted octanol–water partition coefficient (Wildman–Crippen LogP) is 3.01. The van der Waals surface area contributed by atoms with Crippen molar-refractivity contribution in [3.8, 4) is 0 Å². The number of hydrogen-bond donors (Lipinski definition) is 0. The summed E-state index contributed by atoms with van der Waals surface area (Å²) in [7, 11) is 0. The summed E-state index contributed by atoms with van der Waals surface area (Å²) in [5.74, 6) is -13.3. The number of allylic oxidation sites excluding steroid dienone is 2. The summed E-state index contributed by atoms with van der Waals surface area (Å²) in [6.45, 7) is 0. The van der Waals surface area contributed by atoms with Crippen molar-refractivity contribution in [1.82, 2.24) is 0 Å². The lowest BCUT2D eigenvalue weighted by molar-refractivity contribution is -0.582. The highest BCUT2D eigenvalue weighted by atomic mass is 79.9. The molecule has 1 aliphatic rings. The molecular weight excluding hydrogens is 293 g/mol. The van der Waals surface area contributed by atoms with E-state index in [9.17, 15) is 32.1 Å². The van der Waals surface area contributed by atoms with Crippen LogP contribution in [0.3, 0.4) is 0 Å². The van der Waals surface area contributed by atoms with Crippen LogP contribution in [-0.2, 0) is 0 Å². The highest BCUT2D eigenvalue weighted by Crippen LogP contribution is 2.47. The van der Waals surface area contributed by atoms with E-state index in [2.05, 4.69) is 0 Å². The van der Waals surface area contributed by atoms with Crippen LogP contribution >= 0.6 is 15.9 Å². The van der Waals surface area contributed by atoms with Crippen molar-refractivity contribution in [2.45, 2.75) is 11.7 Å². The lowest BCUT2D eigenvalue weighted by Crippen LogP contribution is -2.40.